The molecule has 2 atom stereocenters. The third-order valence-corrected chi connectivity index (χ3v) is 6.13. The third-order valence-electron chi connectivity index (χ3n) is 5.44. The summed E-state index contributed by atoms with van der Waals surface area (Å²) >= 11 is 1.86. The summed E-state index contributed by atoms with van der Waals surface area (Å²) in [6.07, 6.45) is 6.03. The molecule has 0 unspecified atom stereocenters. The van der Waals surface area contributed by atoms with Gasteiger partial charge in [0, 0.05) is 38.6 Å². The largest absolute Gasteiger partial charge is 0.339 e. The number of nitriles is 1. The predicted octanol–water partition coefficient (Wildman–Crippen LogP) is 3.12. The van der Waals surface area contributed by atoms with Crippen molar-refractivity contribution >= 4 is 17.7 Å². The summed E-state index contributed by atoms with van der Waals surface area (Å²) in [7, 11) is 0. The summed E-state index contributed by atoms with van der Waals surface area (Å²) in [4.78, 5) is 17.0. The second-order valence-corrected chi connectivity index (χ2v) is 8.12. The van der Waals surface area contributed by atoms with Crippen LogP contribution in [0.5, 0.6) is 0 Å². The van der Waals surface area contributed by atoms with Crippen LogP contribution in [-0.4, -0.2) is 53.4 Å². The predicted molar refractivity (Wildman–Crippen MR) is 102 cm³/mol. The number of carbonyl (C=O) groups is 1. The summed E-state index contributed by atoms with van der Waals surface area (Å²) in [6, 6.07) is 10.6. The van der Waals surface area contributed by atoms with E-state index in [0.717, 1.165) is 56.8 Å². The molecule has 1 amide bonds. The molecular formula is C20H27N3OS. The van der Waals surface area contributed by atoms with Crippen molar-refractivity contribution in [2.24, 2.45) is 5.92 Å². The van der Waals surface area contributed by atoms with Crippen molar-refractivity contribution in [3.63, 3.8) is 0 Å². The Morgan fingerprint density at radius 2 is 2.24 bits per heavy atom. The van der Waals surface area contributed by atoms with E-state index in [4.69, 9.17) is 5.26 Å². The molecule has 0 bridgehead atoms. The lowest BCUT2D eigenvalue weighted by Gasteiger charge is -2.47. The highest BCUT2D eigenvalue weighted by Gasteiger charge is 2.38. The number of thioether (sulfide) groups is 1. The van der Waals surface area contributed by atoms with Gasteiger partial charge < -0.3 is 4.90 Å². The van der Waals surface area contributed by atoms with Crippen LogP contribution in [0, 0.1) is 17.2 Å². The monoisotopic (exact) mass is 357 g/mol. The number of piperidine rings is 2. The zero-order valence-electron chi connectivity index (χ0n) is 15.0. The molecule has 0 aromatic heterocycles. The second kappa shape index (κ2) is 8.73. The first-order chi connectivity index (χ1) is 12.2. The van der Waals surface area contributed by atoms with Crippen LogP contribution in [0.2, 0.25) is 0 Å². The summed E-state index contributed by atoms with van der Waals surface area (Å²) in [6.45, 7) is 3.92. The van der Waals surface area contributed by atoms with Gasteiger partial charge in [-0.1, -0.05) is 12.1 Å². The number of rotatable bonds is 6. The lowest BCUT2D eigenvalue weighted by atomic mass is 9.83. The van der Waals surface area contributed by atoms with E-state index < -0.39 is 0 Å². The fraction of sp³-hybridized carbons (Fsp3) is 0.600. The van der Waals surface area contributed by atoms with Gasteiger partial charge in [-0.15, -0.1) is 0 Å². The van der Waals surface area contributed by atoms with E-state index >= 15 is 0 Å². The Balaban J connectivity index is 1.59. The fourth-order valence-corrected chi connectivity index (χ4v) is 4.66. The molecule has 2 aliphatic rings. The first-order valence-corrected chi connectivity index (χ1v) is 10.6. The Morgan fingerprint density at radius 1 is 1.36 bits per heavy atom. The van der Waals surface area contributed by atoms with Gasteiger partial charge in [0.2, 0.25) is 5.91 Å². The van der Waals surface area contributed by atoms with Crippen molar-refractivity contribution in [3.8, 4) is 6.07 Å². The molecule has 3 rings (SSSR count). The molecule has 2 saturated heterocycles. The minimum Gasteiger partial charge on any atom is -0.339 e. The van der Waals surface area contributed by atoms with Gasteiger partial charge in [0.1, 0.15) is 0 Å². The van der Waals surface area contributed by atoms with Crippen LogP contribution < -0.4 is 0 Å². The van der Waals surface area contributed by atoms with E-state index in [0.29, 0.717) is 24.3 Å². The van der Waals surface area contributed by atoms with E-state index in [1.807, 2.05) is 30.0 Å². The number of fused-ring (bicyclic) bond motifs is 1. The van der Waals surface area contributed by atoms with E-state index in [2.05, 4.69) is 28.2 Å². The van der Waals surface area contributed by atoms with Crippen LogP contribution in [0.4, 0.5) is 0 Å². The number of likely N-dealkylation sites (tertiary alicyclic amines) is 2. The Morgan fingerprint density at radius 3 is 3.04 bits per heavy atom. The van der Waals surface area contributed by atoms with Crippen LogP contribution in [0.25, 0.3) is 0 Å². The molecule has 5 heteroatoms. The highest BCUT2D eigenvalue weighted by molar-refractivity contribution is 7.98. The smallest absolute Gasteiger partial charge is 0.222 e. The van der Waals surface area contributed by atoms with E-state index in [-0.39, 0.29) is 0 Å². The number of benzene rings is 1. The Labute approximate surface area is 155 Å². The van der Waals surface area contributed by atoms with Crippen LogP contribution in [0.3, 0.4) is 0 Å². The lowest BCUT2D eigenvalue weighted by Crippen LogP contribution is -2.56. The number of hydrogen-bond acceptors (Lipinski definition) is 4. The molecule has 1 aromatic rings. The molecule has 4 nitrogen and oxygen atoms in total. The third kappa shape index (κ3) is 4.56. The molecule has 25 heavy (non-hydrogen) atoms. The normalized spacial score (nSPS) is 24.0. The van der Waals surface area contributed by atoms with E-state index in [1.165, 1.54) is 5.56 Å². The molecule has 2 heterocycles. The van der Waals surface area contributed by atoms with Gasteiger partial charge in [0.15, 0.2) is 0 Å². The maximum absolute atomic E-state index is 12.4. The van der Waals surface area contributed by atoms with Crippen LogP contribution >= 0.6 is 11.8 Å². The fourth-order valence-electron chi connectivity index (χ4n) is 4.24. The Kier molecular flexibility index (Phi) is 6.39. The molecule has 0 spiro atoms. The molecule has 134 valence electrons. The SMILES string of the molecule is CSCCCN1C(=O)CC[C@H]2CN(Cc3cccc(C#N)c3)CC[C@H]21. The highest BCUT2D eigenvalue weighted by Crippen LogP contribution is 2.32. The van der Waals surface area contributed by atoms with Crippen LogP contribution in [0.15, 0.2) is 24.3 Å². The Bertz CT molecular complexity index is 642. The van der Waals surface area contributed by atoms with Crippen molar-refractivity contribution < 1.29 is 4.79 Å². The van der Waals surface area contributed by atoms with Crippen LogP contribution in [-0.2, 0) is 11.3 Å². The van der Waals surface area contributed by atoms with Crippen molar-refractivity contribution in [3.05, 3.63) is 35.4 Å². The Hall–Kier alpha value is -1.51. The molecule has 0 aliphatic carbocycles. The molecule has 2 fully saturated rings. The van der Waals surface area contributed by atoms with E-state index in [9.17, 15) is 4.79 Å². The van der Waals surface area contributed by atoms with Crippen LogP contribution in [0.1, 0.15) is 36.8 Å². The quantitative estimate of drug-likeness (QED) is 0.734. The van der Waals surface area contributed by atoms with Gasteiger partial charge in [0.25, 0.3) is 0 Å². The topological polar surface area (TPSA) is 47.3 Å². The van der Waals surface area contributed by atoms with Crippen molar-refractivity contribution in [1.82, 2.24) is 9.80 Å². The molecule has 0 N–H and O–H groups in total. The number of nitrogens with zero attached hydrogens (tertiary/aromatic N) is 3. The number of amides is 1. The maximum atomic E-state index is 12.4. The average Bonchev–Trinajstić information content (AvgIpc) is 2.64. The highest BCUT2D eigenvalue weighted by atomic mass is 32.2. The zero-order chi connectivity index (χ0) is 17.6. The van der Waals surface area contributed by atoms with Crippen molar-refractivity contribution in [2.45, 2.75) is 38.3 Å². The summed E-state index contributed by atoms with van der Waals surface area (Å²) < 4.78 is 0. The van der Waals surface area contributed by atoms with Gasteiger partial charge >= 0.3 is 0 Å². The minimum absolute atomic E-state index is 0.359. The van der Waals surface area contributed by atoms with Gasteiger partial charge in [-0.3, -0.25) is 9.69 Å². The van der Waals surface area contributed by atoms with Crippen molar-refractivity contribution in [1.29, 1.82) is 5.26 Å². The lowest BCUT2D eigenvalue weighted by molar-refractivity contribution is -0.141. The first kappa shape index (κ1) is 18.3. The zero-order valence-corrected chi connectivity index (χ0v) is 15.8. The second-order valence-electron chi connectivity index (χ2n) is 7.14. The first-order valence-electron chi connectivity index (χ1n) is 9.21. The molecule has 0 saturated carbocycles. The van der Waals surface area contributed by atoms with Gasteiger partial charge in [-0.2, -0.15) is 17.0 Å². The van der Waals surface area contributed by atoms with E-state index in [1.54, 1.807) is 0 Å². The summed E-state index contributed by atoms with van der Waals surface area (Å²) in [5.74, 6) is 2.08. The number of hydrogen-bond donors (Lipinski definition) is 0. The summed E-state index contributed by atoms with van der Waals surface area (Å²) in [5, 5.41) is 9.06. The molecular weight excluding hydrogens is 330 g/mol. The minimum atomic E-state index is 0.359. The molecule has 2 aliphatic heterocycles. The molecule has 0 radical (unpaired) electrons. The standard InChI is InChI=1S/C20H27N3OS/c1-25-11-3-9-23-19-8-10-22(15-18(19)6-7-20(23)24)14-17-5-2-4-16(12-17)13-21/h2,4-5,12,18-19H,3,6-11,14-15H2,1H3/t18-,19+/m0/s1. The maximum Gasteiger partial charge on any atom is 0.222 e. The van der Waals surface area contributed by atoms with Gasteiger partial charge in [-0.05, 0) is 54.9 Å². The number of carbonyl (C=O) groups excluding carboxylic acids is 1. The van der Waals surface area contributed by atoms with Gasteiger partial charge in [-0.25, -0.2) is 0 Å². The van der Waals surface area contributed by atoms with Crippen molar-refractivity contribution in [2.75, 3.05) is 31.6 Å². The molecule has 1 aromatic carbocycles. The summed E-state index contributed by atoms with van der Waals surface area (Å²) in [5.41, 5.74) is 1.94. The average molecular weight is 358 g/mol. The van der Waals surface area contributed by atoms with Gasteiger partial charge in [0.05, 0.1) is 11.6 Å².